The van der Waals surface area contributed by atoms with Crippen LogP contribution >= 0.6 is 0 Å². The molecule has 132 valence electrons. The summed E-state index contributed by atoms with van der Waals surface area (Å²) in [5.74, 6) is -1.12. The van der Waals surface area contributed by atoms with E-state index in [2.05, 4.69) is 10.3 Å². The molecule has 1 aromatic heterocycles. The van der Waals surface area contributed by atoms with Crippen molar-refractivity contribution < 1.29 is 22.7 Å². The molecule has 1 amide bonds. The van der Waals surface area contributed by atoms with Crippen LogP contribution in [-0.2, 0) is 14.8 Å². The second-order valence-corrected chi connectivity index (χ2v) is 7.56. The molecule has 0 aliphatic carbocycles. The van der Waals surface area contributed by atoms with Crippen LogP contribution in [0.4, 0.5) is 10.1 Å². The maximum absolute atomic E-state index is 13.0. The van der Waals surface area contributed by atoms with Crippen LogP contribution in [0.2, 0.25) is 0 Å². The smallest absolute Gasteiger partial charge is 0.243 e. The number of aliphatic hydroxyl groups is 1. The molecule has 2 N–H and O–H groups in total. The summed E-state index contributed by atoms with van der Waals surface area (Å²) in [4.78, 5) is 16.2. The lowest BCUT2D eigenvalue weighted by atomic mass is 10.2. The second kappa shape index (κ2) is 6.87. The lowest BCUT2D eigenvalue weighted by Crippen LogP contribution is -2.43. The van der Waals surface area contributed by atoms with E-state index >= 15 is 0 Å². The average molecular weight is 365 g/mol. The van der Waals surface area contributed by atoms with Gasteiger partial charge >= 0.3 is 0 Å². The van der Waals surface area contributed by atoms with E-state index in [1.807, 2.05) is 0 Å². The van der Waals surface area contributed by atoms with Crippen molar-refractivity contribution in [3.05, 3.63) is 54.6 Å². The number of carbonyl (C=O) groups excluding carboxylic acids is 1. The monoisotopic (exact) mass is 365 g/mol. The first kappa shape index (κ1) is 17.5. The molecule has 1 fully saturated rings. The molecule has 3 rings (SSSR count). The number of aromatic nitrogens is 1. The van der Waals surface area contributed by atoms with Gasteiger partial charge in [0.2, 0.25) is 15.9 Å². The minimum absolute atomic E-state index is 0.0213. The van der Waals surface area contributed by atoms with E-state index in [0.29, 0.717) is 5.69 Å². The maximum atomic E-state index is 13.0. The Morgan fingerprint density at radius 3 is 2.64 bits per heavy atom. The Morgan fingerprint density at radius 2 is 2.00 bits per heavy atom. The molecule has 1 saturated heterocycles. The highest BCUT2D eigenvalue weighted by Crippen LogP contribution is 2.27. The molecule has 0 bridgehead atoms. The standard InChI is InChI=1S/C16H16FN3O4S/c17-11-3-5-14(6-4-11)25(23,24)20-10-13(21)8-15(20)16(22)19-12-2-1-7-18-9-12/h1-7,9,13,15,21H,8,10H2,(H,19,22)/t13-,15+/m1/s1. The number of hydrogen-bond acceptors (Lipinski definition) is 5. The summed E-state index contributed by atoms with van der Waals surface area (Å²) in [5.41, 5.74) is 0.424. The highest BCUT2D eigenvalue weighted by Gasteiger charge is 2.43. The van der Waals surface area contributed by atoms with Crippen LogP contribution in [0.3, 0.4) is 0 Å². The Hall–Kier alpha value is -2.36. The molecule has 25 heavy (non-hydrogen) atoms. The molecule has 1 aliphatic rings. The van der Waals surface area contributed by atoms with Gasteiger partial charge in [-0.25, -0.2) is 12.8 Å². The number of benzene rings is 1. The fourth-order valence-corrected chi connectivity index (χ4v) is 4.33. The number of rotatable bonds is 4. The zero-order chi connectivity index (χ0) is 18.0. The number of sulfonamides is 1. The summed E-state index contributed by atoms with van der Waals surface area (Å²) < 4.78 is 39.5. The molecule has 2 atom stereocenters. The highest BCUT2D eigenvalue weighted by atomic mass is 32.2. The third kappa shape index (κ3) is 3.68. The molecule has 1 aliphatic heterocycles. The van der Waals surface area contributed by atoms with Crippen LogP contribution in [0, 0.1) is 5.82 Å². The molecule has 2 heterocycles. The second-order valence-electron chi connectivity index (χ2n) is 5.66. The van der Waals surface area contributed by atoms with E-state index in [0.717, 1.165) is 28.6 Å². The largest absolute Gasteiger partial charge is 0.392 e. The number of halogens is 1. The van der Waals surface area contributed by atoms with Crippen LogP contribution in [0.1, 0.15) is 6.42 Å². The molecule has 0 spiro atoms. The maximum Gasteiger partial charge on any atom is 0.243 e. The lowest BCUT2D eigenvalue weighted by Gasteiger charge is -2.23. The van der Waals surface area contributed by atoms with E-state index in [-0.39, 0.29) is 17.9 Å². The number of hydrogen-bond donors (Lipinski definition) is 2. The first-order chi connectivity index (χ1) is 11.9. The van der Waals surface area contributed by atoms with Gasteiger partial charge in [0.15, 0.2) is 0 Å². The number of amides is 1. The third-order valence-electron chi connectivity index (χ3n) is 3.89. The highest BCUT2D eigenvalue weighted by molar-refractivity contribution is 7.89. The van der Waals surface area contributed by atoms with Gasteiger partial charge in [-0.15, -0.1) is 0 Å². The van der Waals surface area contributed by atoms with Crippen LogP contribution in [0.25, 0.3) is 0 Å². The lowest BCUT2D eigenvalue weighted by molar-refractivity contribution is -0.119. The van der Waals surface area contributed by atoms with Crippen molar-refractivity contribution in [2.24, 2.45) is 0 Å². The summed E-state index contributed by atoms with van der Waals surface area (Å²) in [6.45, 7) is -0.204. The molecule has 0 unspecified atom stereocenters. The van der Waals surface area contributed by atoms with E-state index < -0.39 is 33.9 Å². The number of nitrogens with zero attached hydrogens (tertiary/aromatic N) is 2. The SMILES string of the molecule is O=C(Nc1cccnc1)[C@@H]1C[C@@H](O)CN1S(=O)(=O)c1ccc(F)cc1. The molecule has 1 aromatic carbocycles. The van der Waals surface area contributed by atoms with E-state index in [1.54, 1.807) is 18.3 Å². The van der Waals surface area contributed by atoms with Crippen LogP contribution < -0.4 is 5.32 Å². The zero-order valence-corrected chi connectivity index (χ0v) is 13.9. The molecule has 0 saturated carbocycles. The summed E-state index contributed by atoms with van der Waals surface area (Å²) in [6, 6.07) is 6.51. The topological polar surface area (TPSA) is 99.6 Å². The van der Waals surface area contributed by atoms with E-state index in [1.165, 1.54) is 6.20 Å². The Bertz CT molecular complexity index is 859. The number of nitrogens with one attached hydrogen (secondary N) is 1. The third-order valence-corrected chi connectivity index (χ3v) is 5.77. The average Bonchev–Trinajstić information content (AvgIpc) is 2.99. The van der Waals surface area contributed by atoms with Gasteiger partial charge in [-0.1, -0.05) is 0 Å². The van der Waals surface area contributed by atoms with Crippen molar-refractivity contribution in [1.29, 1.82) is 0 Å². The van der Waals surface area contributed by atoms with E-state index in [4.69, 9.17) is 0 Å². The van der Waals surface area contributed by atoms with Gasteiger partial charge in [0.05, 0.1) is 22.9 Å². The number of aliphatic hydroxyl groups excluding tert-OH is 1. The van der Waals surface area contributed by atoms with Gasteiger partial charge in [-0.3, -0.25) is 9.78 Å². The fourth-order valence-electron chi connectivity index (χ4n) is 2.69. The molecule has 9 heteroatoms. The van der Waals surface area contributed by atoms with Crippen molar-refractivity contribution in [2.75, 3.05) is 11.9 Å². The van der Waals surface area contributed by atoms with Crippen molar-refractivity contribution in [2.45, 2.75) is 23.5 Å². The predicted octanol–water partition coefficient (Wildman–Crippen LogP) is 0.983. The van der Waals surface area contributed by atoms with Gasteiger partial charge in [0, 0.05) is 19.2 Å². The van der Waals surface area contributed by atoms with E-state index in [9.17, 15) is 22.7 Å². The Kier molecular flexibility index (Phi) is 4.80. The van der Waals surface area contributed by atoms with Crippen LogP contribution in [0.5, 0.6) is 0 Å². The first-order valence-corrected chi connectivity index (χ1v) is 8.98. The summed E-state index contributed by atoms with van der Waals surface area (Å²) >= 11 is 0. The minimum Gasteiger partial charge on any atom is -0.392 e. The Morgan fingerprint density at radius 1 is 1.28 bits per heavy atom. The van der Waals surface area contributed by atoms with Gasteiger partial charge in [0.25, 0.3) is 0 Å². The zero-order valence-electron chi connectivity index (χ0n) is 13.0. The van der Waals surface area contributed by atoms with Crippen LogP contribution in [0.15, 0.2) is 53.7 Å². The van der Waals surface area contributed by atoms with Crippen LogP contribution in [-0.4, -0.2) is 47.4 Å². The van der Waals surface area contributed by atoms with Gasteiger partial charge in [-0.2, -0.15) is 4.31 Å². The molecular formula is C16H16FN3O4S. The quantitative estimate of drug-likeness (QED) is 0.842. The molecule has 7 nitrogen and oxygen atoms in total. The molecular weight excluding hydrogens is 349 g/mol. The van der Waals surface area contributed by atoms with Crippen molar-refractivity contribution in [3.8, 4) is 0 Å². The van der Waals surface area contributed by atoms with Gasteiger partial charge in [-0.05, 0) is 36.4 Å². The summed E-state index contributed by atoms with van der Waals surface area (Å²) in [6.07, 6.45) is 1.99. The molecule has 2 aromatic rings. The van der Waals surface area contributed by atoms with Gasteiger partial charge < -0.3 is 10.4 Å². The Balaban J connectivity index is 1.86. The number of carbonyl (C=O) groups is 1. The normalized spacial score (nSPS) is 21.2. The summed E-state index contributed by atoms with van der Waals surface area (Å²) in [5, 5.41) is 12.5. The predicted molar refractivity (Wildman–Crippen MR) is 87.6 cm³/mol. The number of β-amino-alcohol motifs (C(OH)–C–C–N with tert-alkyl or cyclic N) is 1. The van der Waals surface area contributed by atoms with Crippen molar-refractivity contribution in [1.82, 2.24) is 9.29 Å². The first-order valence-electron chi connectivity index (χ1n) is 7.54. The van der Waals surface area contributed by atoms with Crippen molar-refractivity contribution in [3.63, 3.8) is 0 Å². The fraction of sp³-hybridized carbons (Fsp3) is 0.250. The number of pyridine rings is 1. The van der Waals surface area contributed by atoms with Crippen molar-refractivity contribution >= 4 is 21.6 Å². The minimum atomic E-state index is -4.04. The molecule has 0 radical (unpaired) electrons. The van der Waals surface area contributed by atoms with Gasteiger partial charge in [0.1, 0.15) is 11.9 Å². The Labute approximate surface area is 144 Å². The number of anilines is 1. The summed E-state index contributed by atoms with van der Waals surface area (Å²) in [7, 11) is -4.04.